The van der Waals surface area contributed by atoms with Crippen LogP contribution in [0.25, 0.3) is 0 Å². The van der Waals surface area contributed by atoms with Crippen molar-refractivity contribution in [3.8, 4) is 11.8 Å². The highest BCUT2D eigenvalue weighted by Crippen LogP contribution is 2.32. The summed E-state index contributed by atoms with van der Waals surface area (Å²) < 4.78 is 40.1. The predicted molar refractivity (Wildman–Crippen MR) is 54.4 cm³/mol. The molecule has 0 amide bonds. The number of hydrogen-bond donors (Lipinski definition) is 1. The highest BCUT2D eigenvalue weighted by molar-refractivity contribution is 6.17. The molecule has 0 aliphatic carbocycles. The van der Waals surface area contributed by atoms with Gasteiger partial charge in [-0.3, -0.25) is 0 Å². The maximum absolute atomic E-state index is 12.1. The molecule has 8 heteroatoms. The lowest BCUT2D eigenvalue weighted by Crippen LogP contribution is -2.19. The van der Waals surface area contributed by atoms with Gasteiger partial charge in [0.1, 0.15) is 6.07 Å². The molecule has 0 radical (unpaired) electrons. The number of carbonyl (C=O) groups is 1. The van der Waals surface area contributed by atoms with E-state index in [1.165, 1.54) is 6.07 Å². The van der Waals surface area contributed by atoms with Crippen LogP contribution in [0, 0.1) is 11.3 Å². The molecule has 0 bridgehead atoms. The number of aromatic carboxylic acids is 1. The van der Waals surface area contributed by atoms with Gasteiger partial charge in [0.05, 0.1) is 17.0 Å². The molecule has 0 aliphatic rings. The van der Waals surface area contributed by atoms with E-state index in [4.69, 9.17) is 22.0 Å². The Balaban J connectivity index is 3.41. The number of benzene rings is 1. The predicted octanol–water partition coefficient (Wildman–Crippen LogP) is 2.89. The van der Waals surface area contributed by atoms with Crippen molar-refractivity contribution in [3.63, 3.8) is 0 Å². The number of carboxylic acid groups (broad SMARTS) is 1. The summed E-state index contributed by atoms with van der Waals surface area (Å²) in [5.41, 5.74) is -1.09. The van der Waals surface area contributed by atoms with Gasteiger partial charge >= 0.3 is 12.3 Å². The van der Waals surface area contributed by atoms with Gasteiger partial charge < -0.3 is 9.84 Å². The molecule has 0 aromatic heterocycles. The first kappa shape index (κ1) is 14.1. The average Bonchev–Trinajstić information content (AvgIpc) is 2.26. The first-order valence-corrected chi connectivity index (χ1v) is 4.94. The van der Waals surface area contributed by atoms with Crippen LogP contribution in [0.15, 0.2) is 12.1 Å². The summed E-state index contributed by atoms with van der Waals surface area (Å²) in [5.74, 6) is -2.57. The third kappa shape index (κ3) is 3.28. The van der Waals surface area contributed by atoms with Crippen LogP contribution in [0.4, 0.5) is 13.2 Å². The summed E-state index contributed by atoms with van der Waals surface area (Å²) in [6.45, 7) is 0. The van der Waals surface area contributed by atoms with Crippen LogP contribution in [0.5, 0.6) is 5.75 Å². The number of hydrogen-bond acceptors (Lipinski definition) is 3. The fourth-order valence-corrected chi connectivity index (χ4v) is 1.43. The van der Waals surface area contributed by atoms with Crippen molar-refractivity contribution in [2.24, 2.45) is 0 Å². The monoisotopic (exact) mass is 279 g/mol. The van der Waals surface area contributed by atoms with Crippen molar-refractivity contribution in [2.45, 2.75) is 12.2 Å². The molecule has 4 nitrogen and oxygen atoms in total. The lowest BCUT2D eigenvalue weighted by Gasteiger charge is -2.14. The normalized spacial score (nSPS) is 10.8. The van der Waals surface area contributed by atoms with Gasteiger partial charge in [-0.15, -0.1) is 24.8 Å². The third-order valence-corrected chi connectivity index (χ3v) is 2.18. The number of nitriles is 1. The Morgan fingerprint density at radius 2 is 2.11 bits per heavy atom. The molecule has 0 aliphatic heterocycles. The van der Waals surface area contributed by atoms with Crippen LogP contribution < -0.4 is 4.74 Å². The zero-order chi connectivity index (χ0) is 13.9. The number of ether oxygens (including phenoxy) is 1. The Kier molecular flexibility index (Phi) is 4.03. The summed E-state index contributed by atoms with van der Waals surface area (Å²) in [4.78, 5) is 10.7. The molecule has 96 valence electrons. The van der Waals surface area contributed by atoms with Gasteiger partial charge in [-0.05, 0) is 12.1 Å². The Labute approximate surface area is 104 Å². The van der Waals surface area contributed by atoms with Gasteiger partial charge in [0, 0.05) is 5.56 Å². The number of halogens is 4. The van der Waals surface area contributed by atoms with Crippen molar-refractivity contribution in [2.75, 3.05) is 0 Å². The molecule has 1 N–H and O–H groups in total. The number of nitrogens with zero attached hydrogens (tertiary/aromatic N) is 1. The summed E-state index contributed by atoms with van der Waals surface area (Å²) >= 11 is 5.42. The van der Waals surface area contributed by atoms with Crippen molar-refractivity contribution in [1.82, 2.24) is 0 Å². The van der Waals surface area contributed by atoms with Gasteiger partial charge in [0.25, 0.3) is 0 Å². The summed E-state index contributed by atoms with van der Waals surface area (Å²) in [6.07, 6.45) is -4.99. The molecule has 0 fully saturated rings. The van der Waals surface area contributed by atoms with Crippen molar-refractivity contribution < 1.29 is 27.8 Å². The summed E-state index contributed by atoms with van der Waals surface area (Å²) in [5, 5.41) is 17.4. The van der Waals surface area contributed by atoms with Crippen LogP contribution in [-0.2, 0) is 5.88 Å². The number of carboxylic acids is 1. The number of alkyl halides is 4. The smallest absolute Gasteiger partial charge is 0.478 e. The van der Waals surface area contributed by atoms with Gasteiger partial charge in [-0.2, -0.15) is 5.26 Å². The zero-order valence-electron chi connectivity index (χ0n) is 8.58. The maximum atomic E-state index is 12.1. The van der Waals surface area contributed by atoms with E-state index in [9.17, 15) is 18.0 Å². The molecule has 0 unspecified atom stereocenters. The molecule has 0 saturated heterocycles. The molecular formula is C10H5ClF3NO3. The molecular weight excluding hydrogens is 275 g/mol. The van der Waals surface area contributed by atoms with E-state index in [1.807, 2.05) is 0 Å². The second-order valence-corrected chi connectivity index (χ2v) is 3.38. The van der Waals surface area contributed by atoms with E-state index >= 15 is 0 Å². The van der Waals surface area contributed by atoms with E-state index in [0.29, 0.717) is 0 Å². The fourth-order valence-electron chi connectivity index (χ4n) is 1.23. The lowest BCUT2D eigenvalue weighted by atomic mass is 10.1. The standard InChI is InChI=1S/C10H5ClF3NO3/c11-3-6-1-5(9(16)17)2-7(4-15)8(6)18-10(12,13)14/h1-2H,3H2,(H,16,17). The molecule has 18 heavy (non-hydrogen) atoms. The highest BCUT2D eigenvalue weighted by Gasteiger charge is 2.33. The Hall–Kier alpha value is -1.94. The third-order valence-electron chi connectivity index (χ3n) is 1.90. The minimum atomic E-state index is -4.99. The molecule has 1 rings (SSSR count). The molecule has 1 aromatic carbocycles. The van der Waals surface area contributed by atoms with Crippen LogP contribution in [0.1, 0.15) is 21.5 Å². The molecule has 0 spiro atoms. The molecule has 0 atom stereocenters. The van der Waals surface area contributed by atoms with Crippen molar-refractivity contribution >= 4 is 17.6 Å². The lowest BCUT2D eigenvalue weighted by molar-refractivity contribution is -0.275. The molecule has 1 aromatic rings. The maximum Gasteiger partial charge on any atom is 0.573 e. The highest BCUT2D eigenvalue weighted by atomic mass is 35.5. The first-order valence-electron chi connectivity index (χ1n) is 4.40. The second kappa shape index (κ2) is 5.14. The van der Waals surface area contributed by atoms with E-state index in [1.54, 1.807) is 0 Å². The summed E-state index contributed by atoms with van der Waals surface area (Å²) in [6, 6.07) is 3.16. The minimum Gasteiger partial charge on any atom is -0.478 e. The Bertz CT molecular complexity index is 522. The topological polar surface area (TPSA) is 70.3 Å². The zero-order valence-corrected chi connectivity index (χ0v) is 9.34. The van der Waals surface area contributed by atoms with Gasteiger partial charge in [-0.1, -0.05) is 0 Å². The Morgan fingerprint density at radius 3 is 2.50 bits per heavy atom. The largest absolute Gasteiger partial charge is 0.573 e. The second-order valence-electron chi connectivity index (χ2n) is 3.11. The average molecular weight is 280 g/mol. The number of rotatable bonds is 3. The first-order chi connectivity index (χ1) is 8.28. The van der Waals surface area contributed by atoms with Crippen LogP contribution in [0.2, 0.25) is 0 Å². The quantitative estimate of drug-likeness (QED) is 0.864. The van der Waals surface area contributed by atoms with Gasteiger partial charge in [0.15, 0.2) is 5.75 Å². The van der Waals surface area contributed by atoms with E-state index < -0.39 is 29.5 Å². The summed E-state index contributed by atoms with van der Waals surface area (Å²) in [7, 11) is 0. The van der Waals surface area contributed by atoms with E-state index in [2.05, 4.69) is 4.74 Å². The van der Waals surface area contributed by atoms with Crippen LogP contribution in [0.3, 0.4) is 0 Å². The molecule has 0 saturated carbocycles. The van der Waals surface area contributed by atoms with Gasteiger partial charge in [0.2, 0.25) is 0 Å². The Morgan fingerprint density at radius 1 is 1.50 bits per heavy atom. The van der Waals surface area contributed by atoms with Crippen molar-refractivity contribution in [1.29, 1.82) is 5.26 Å². The van der Waals surface area contributed by atoms with Crippen molar-refractivity contribution in [3.05, 3.63) is 28.8 Å². The molecule has 0 heterocycles. The van der Waals surface area contributed by atoms with E-state index in [-0.39, 0.29) is 11.1 Å². The van der Waals surface area contributed by atoms with Gasteiger partial charge in [-0.25, -0.2) is 4.79 Å². The minimum absolute atomic E-state index is 0.217. The van der Waals surface area contributed by atoms with E-state index in [0.717, 1.165) is 12.1 Å². The SMILES string of the molecule is N#Cc1cc(C(=O)O)cc(CCl)c1OC(F)(F)F. The fraction of sp³-hybridized carbons (Fsp3) is 0.200. The van der Waals surface area contributed by atoms with Crippen LogP contribution >= 0.6 is 11.6 Å². The van der Waals surface area contributed by atoms with Crippen LogP contribution in [-0.4, -0.2) is 17.4 Å².